The summed E-state index contributed by atoms with van der Waals surface area (Å²) >= 11 is 0. The van der Waals surface area contributed by atoms with Gasteiger partial charge < -0.3 is 11.5 Å². The Hall–Kier alpha value is -2.35. The largest absolute Gasteiger partial charge is 0.364 e. The standard InChI is InChI=1S/C12H15N7O/c1-6(13)12-17-11(7-2-3-7)18-19(12)9-4-8(10(14)20)15-5-16-9/h4-7H,2-3,13H2,1H3,(H2,14,20)/t6-/m0/s1. The first-order valence-electron chi connectivity index (χ1n) is 6.41. The number of hydrogen-bond acceptors (Lipinski definition) is 6. The smallest absolute Gasteiger partial charge is 0.267 e. The van der Waals surface area contributed by atoms with E-state index in [1.54, 1.807) is 4.68 Å². The average Bonchev–Trinajstić information content (AvgIpc) is 3.17. The molecule has 20 heavy (non-hydrogen) atoms. The monoisotopic (exact) mass is 273 g/mol. The molecule has 8 nitrogen and oxygen atoms in total. The summed E-state index contributed by atoms with van der Waals surface area (Å²) in [5.74, 6) is 1.63. The second-order valence-corrected chi connectivity index (χ2v) is 4.93. The molecule has 1 fully saturated rings. The summed E-state index contributed by atoms with van der Waals surface area (Å²) in [5, 5.41) is 4.45. The molecule has 2 heterocycles. The second-order valence-electron chi connectivity index (χ2n) is 4.93. The first kappa shape index (κ1) is 12.7. The highest BCUT2D eigenvalue weighted by atomic mass is 16.1. The topological polar surface area (TPSA) is 126 Å². The summed E-state index contributed by atoms with van der Waals surface area (Å²) in [5.41, 5.74) is 11.3. The third-order valence-electron chi connectivity index (χ3n) is 3.12. The molecular weight excluding hydrogens is 258 g/mol. The van der Waals surface area contributed by atoms with Gasteiger partial charge in [0.1, 0.15) is 12.0 Å². The Balaban J connectivity index is 2.08. The molecule has 1 amide bonds. The Morgan fingerprint density at radius 2 is 2.20 bits per heavy atom. The number of rotatable bonds is 4. The molecule has 0 unspecified atom stereocenters. The predicted octanol–water partition coefficient (Wildman–Crippen LogP) is 0.0533. The first-order chi connectivity index (χ1) is 9.56. The van der Waals surface area contributed by atoms with E-state index in [1.807, 2.05) is 6.92 Å². The van der Waals surface area contributed by atoms with Gasteiger partial charge in [-0.1, -0.05) is 0 Å². The Bertz CT molecular complexity index is 660. The number of aromatic nitrogens is 5. The van der Waals surface area contributed by atoms with E-state index in [0.29, 0.717) is 17.6 Å². The Kier molecular flexibility index (Phi) is 2.94. The van der Waals surface area contributed by atoms with E-state index in [9.17, 15) is 4.79 Å². The van der Waals surface area contributed by atoms with Gasteiger partial charge >= 0.3 is 0 Å². The van der Waals surface area contributed by atoms with Crippen LogP contribution in [-0.2, 0) is 0 Å². The molecule has 0 saturated heterocycles. The van der Waals surface area contributed by atoms with Crippen molar-refractivity contribution in [2.75, 3.05) is 0 Å². The van der Waals surface area contributed by atoms with E-state index in [2.05, 4.69) is 20.1 Å². The van der Waals surface area contributed by atoms with Crippen LogP contribution in [0.3, 0.4) is 0 Å². The van der Waals surface area contributed by atoms with Gasteiger partial charge in [0.25, 0.3) is 5.91 Å². The minimum absolute atomic E-state index is 0.133. The highest BCUT2D eigenvalue weighted by Crippen LogP contribution is 2.38. The highest BCUT2D eigenvalue weighted by molar-refractivity contribution is 5.90. The van der Waals surface area contributed by atoms with Crippen molar-refractivity contribution in [3.8, 4) is 5.82 Å². The fourth-order valence-corrected chi connectivity index (χ4v) is 1.92. The molecular formula is C12H15N7O. The molecule has 1 saturated carbocycles. The van der Waals surface area contributed by atoms with Gasteiger partial charge in [0.2, 0.25) is 0 Å². The van der Waals surface area contributed by atoms with Crippen molar-refractivity contribution in [3.63, 3.8) is 0 Å². The molecule has 4 N–H and O–H groups in total. The van der Waals surface area contributed by atoms with Gasteiger partial charge in [-0.2, -0.15) is 4.68 Å². The van der Waals surface area contributed by atoms with Crippen LogP contribution >= 0.6 is 0 Å². The maximum Gasteiger partial charge on any atom is 0.267 e. The third kappa shape index (κ3) is 2.25. The van der Waals surface area contributed by atoms with Crippen LogP contribution in [0.1, 0.15) is 53.9 Å². The van der Waals surface area contributed by atoms with Crippen molar-refractivity contribution in [3.05, 3.63) is 29.7 Å². The van der Waals surface area contributed by atoms with Gasteiger partial charge in [-0.3, -0.25) is 4.79 Å². The summed E-state index contributed by atoms with van der Waals surface area (Å²) in [6.45, 7) is 1.83. The normalized spacial score (nSPS) is 16.1. The molecule has 0 aliphatic heterocycles. The van der Waals surface area contributed by atoms with Crippen LogP contribution in [0.15, 0.2) is 12.4 Å². The molecule has 1 aliphatic carbocycles. The fourth-order valence-electron chi connectivity index (χ4n) is 1.92. The van der Waals surface area contributed by atoms with E-state index < -0.39 is 5.91 Å². The summed E-state index contributed by atoms with van der Waals surface area (Å²) in [6, 6.07) is 1.20. The molecule has 1 aliphatic rings. The van der Waals surface area contributed by atoms with Gasteiger partial charge in [-0.15, -0.1) is 5.10 Å². The maximum atomic E-state index is 11.2. The number of carbonyl (C=O) groups excluding carboxylic acids is 1. The lowest BCUT2D eigenvalue weighted by Crippen LogP contribution is -2.17. The number of nitrogens with two attached hydrogens (primary N) is 2. The summed E-state index contributed by atoms with van der Waals surface area (Å²) in [7, 11) is 0. The van der Waals surface area contributed by atoms with Crippen LogP contribution in [0.25, 0.3) is 5.82 Å². The third-order valence-corrected chi connectivity index (χ3v) is 3.12. The zero-order chi connectivity index (χ0) is 14.3. The molecule has 1 atom stereocenters. The van der Waals surface area contributed by atoms with Crippen LogP contribution in [0.2, 0.25) is 0 Å². The van der Waals surface area contributed by atoms with Gasteiger partial charge in [0, 0.05) is 12.0 Å². The molecule has 2 aromatic heterocycles. The maximum absolute atomic E-state index is 11.2. The quantitative estimate of drug-likeness (QED) is 0.810. The predicted molar refractivity (Wildman–Crippen MR) is 70.0 cm³/mol. The molecule has 0 aromatic carbocycles. The van der Waals surface area contributed by atoms with Crippen LogP contribution in [0.5, 0.6) is 0 Å². The molecule has 0 bridgehead atoms. The summed E-state index contributed by atoms with van der Waals surface area (Å²) in [4.78, 5) is 23.6. The van der Waals surface area contributed by atoms with Gasteiger partial charge in [-0.05, 0) is 19.8 Å². The lowest BCUT2D eigenvalue weighted by atomic mass is 10.3. The van der Waals surface area contributed by atoms with Crippen molar-refractivity contribution >= 4 is 5.91 Å². The Labute approximate surface area is 115 Å². The summed E-state index contributed by atoms with van der Waals surface area (Å²) < 4.78 is 1.56. The van der Waals surface area contributed by atoms with Crippen LogP contribution in [-0.4, -0.2) is 30.6 Å². The number of hydrogen-bond donors (Lipinski definition) is 2. The number of primary amides is 1. The van der Waals surface area contributed by atoms with Crippen LogP contribution in [0, 0.1) is 0 Å². The number of carbonyl (C=O) groups is 1. The van der Waals surface area contributed by atoms with Gasteiger partial charge in [0.15, 0.2) is 17.5 Å². The van der Waals surface area contributed by atoms with Gasteiger partial charge in [-0.25, -0.2) is 15.0 Å². The van der Waals surface area contributed by atoms with Crippen molar-refractivity contribution in [2.45, 2.75) is 31.7 Å². The van der Waals surface area contributed by atoms with Crippen LogP contribution < -0.4 is 11.5 Å². The van der Waals surface area contributed by atoms with Crippen molar-refractivity contribution in [1.82, 2.24) is 24.7 Å². The van der Waals surface area contributed by atoms with Crippen molar-refractivity contribution < 1.29 is 4.79 Å². The van der Waals surface area contributed by atoms with Crippen LogP contribution in [0.4, 0.5) is 0 Å². The number of nitrogens with zero attached hydrogens (tertiary/aromatic N) is 5. The molecule has 104 valence electrons. The van der Waals surface area contributed by atoms with Gasteiger partial charge in [0.05, 0.1) is 6.04 Å². The molecule has 0 spiro atoms. The van der Waals surface area contributed by atoms with Crippen molar-refractivity contribution in [2.24, 2.45) is 11.5 Å². The molecule has 2 aromatic rings. The Morgan fingerprint density at radius 3 is 2.80 bits per heavy atom. The lowest BCUT2D eigenvalue weighted by Gasteiger charge is -2.07. The second kappa shape index (κ2) is 4.64. The minimum atomic E-state index is -0.612. The van der Waals surface area contributed by atoms with E-state index in [-0.39, 0.29) is 11.7 Å². The fraction of sp³-hybridized carbons (Fsp3) is 0.417. The summed E-state index contributed by atoms with van der Waals surface area (Å²) in [6.07, 6.45) is 3.47. The van der Waals surface area contributed by atoms with E-state index in [4.69, 9.17) is 11.5 Å². The SMILES string of the molecule is C[C@H](N)c1nc(C2CC2)nn1-c1cc(C(N)=O)ncn1. The lowest BCUT2D eigenvalue weighted by molar-refractivity contribution is 0.0995. The van der Waals surface area contributed by atoms with E-state index in [1.165, 1.54) is 12.4 Å². The zero-order valence-electron chi connectivity index (χ0n) is 11.0. The number of amides is 1. The molecule has 8 heteroatoms. The van der Waals surface area contributed by atoms with E-state index in [0.717, 1.165) is 18.7 Å². The average molecular weight is 273 g/mol. The Morgan fingerprint density at radius 1 is 1.45 bits per heavy atom. The first-order valence-corrected chi connectivity index (χ1v) is 6.41. The molecule has 3 rings (SSSR count). The zero-order valence-corrected chi connectivity index (χ0v) is 11.0. The highest BCUT2D eigenvalue weighted by Gasteiger charge is 2.30. The minimum Gasteiger partial charge on any atom is -0.364 e. The molecule has 0 radical (unpaired) electrons. The van der Waals surface area contributed by atoms with E-state index >= 15 is 0 Å². The van der Waals surface area contributed by atoms with Crippen molar-refractivity contribution in [1.29, 1.82) is 0 Å².